The van der Waals surface area contributed by atoms with Crippen molar-refractivity contribution in [3.63, 3.8) is 0 Å². The van der Waals surface area contributed by atoms with Gasteiger partial charge in [-0.1, -0.05) is 13.5 Å². The third kappa shape index (κ3) is 1.81. The molecule has 184 valence electrons. The van der Waals surface area contributed by atoms with Crippen LogP contribution in [0.3, 0.4) is 0 Å². The molecule has 9 heteroatoms. The van der Waals surface area contributed by atoms with E-state index in [2.05, 4.69) is 6.58 Å². The molecule has 6 aliphatic rings. The van der Waals surface area contributed by atoms with Crippen molar-refractivity contribution in [3.05, 3.63) is 23.3 Å². The highest BCUT2D eigenvalue weighted by molar-refractivity contribution is 6.01. The third-order valence-corrected chi connectivity index (χ3v) is 10.3. The van der Waals surface area contributed by atoms with E-state index in [1.165, 1.54) is 13.8 Å². The van der Waals surface area contributed by atoms with Gasteiger partial charge in [-0.2, -0.15) is 0 Å². The Hall–Kier alpha value is -2.23. The van der Waals surface area contributed by atoms with Crippen molar-refractivity contribution in [2.24, 2.45) is 16.2 Å². The number of carbonyl (C=O) groups excluding carboxylic acids is 3. The van der Waals surface area contributed by atoms with Crippen LogP contribution in [0, 0.1) is 16.2 Å². The number of hydrogen-bond donors (Lipinski definition) is 2. The van der Waals surface area contributed by atoms with E-state index in [1.807, 2.05) is 13.8 Å². The minimum Gasteiger partial charge on any atom is -0.459 e. The molecule has 8 atom stereocenters. The molecule has 0 aromatic rings. The molecule has 0 aromatic heterocycles. The van der Waals surface area contributed by atoms with Crippen molar-refractivity contribution < 1.29 is 43.5 Å². The van der Waals surface area contributed by atoms with Crippen molar-refractivity contribution in [3.8, 4) is 0 Å². The van der Waals surface area contributed by atoms with Crippen molar-refractivity contribution in [1.29, 1.82) is 0 Å². The van der Waals surface area contributed by atoms with Gasteiger partial charge in [0.25, 0.3) is 0 Å². The van der Waals surface area contributed by atoms with Crippen LogP contribution in [0.1, 0.15) is 53.9 Å². The average Bonchev–Trinajstić information content (AvgIpc) is 3.20. The van der Waals surface area contributed by atoms with Crippen molar-refractivity contribution in [2.75, 3.05) is 6.61 Å². The lowest BCUT2D eigenvalue weighted by Crippen LogP contribution is -2.78. The quantitative estimate of drug-likeness (QED) is 0.301. The Kier molecular flexibility index (Phi) is 3.77. The summed E-state index contributed by atoms with van der Waals surface area (Å²) in [6.45, 7) is 12.7. The van der Waals surface area contributed by atoms with Crippen LogP contribution in [0.4, 0.5) is 0 Å². The van der Waals surface area contributed by atoms with E-state index in [0.717, 1.165) is 5.57 Å². The zero-order valence-corrected chi connectivity index (χ0v) is 20.0. The molecule has 0 unspecified atom stereocenters. The molecule has 2 aliphatic carbocycles. The Morgan fingerprint density at radius 2 is 1.71 bits per heavy atom. The summed E-state index contributed by atoms with van der Waals surface area (Å²) in [5, 5.41) is 23.8. The maximum Gasteiger partial charge on any atom is 0.344 e. The van der Waals surface area contributed by atoms with Crippen molar-refractivity contribution >= 4 is 17.9 Å². The lowest BCUT2D eigenvalue weighted by Gasteiger charge is -2.67. The van der Waals surface area contributed by atoms with Gasteiger partial charge in [-0.15, -0.1) is 0 Å². The number of aliphatic hydroxyl groups is 2. The molecule has 2 spiro atoms. The first kappa shape index (κ1) is 22.2. The maximum atomic E-state index is 13.7. The van der Waals surface area contributed by atoms with Gasteiger partial charge >= 0.3 is 17.9 Å². The summed E-state index contributed by atoms with van der Waals surface area (Å²) in [6, 6.07) is 0. The Bertz CT molecular complexity index is 1140. The zero-order chi connectivity index (χ0) is 24.9. The largest absolute Gasteiger partial charge is 0.459 e. The van der Waals surface area contributed by atoms with Crippen LogP contribution >= 0.6 is 0 Å². The Balaban J connectivity index is 1.71. The number of cyclic esters (lactones) is 2. The number of rotatable bonds is 0. The Morgan fingerprint density at radius 3 is 2.38 bits per heavy atom. The van der Waals surface area contributed by atoms with Gasteiger partial charge < -0.3 is 29.2 Å². The molecule has 4 saturated heterocycles. The molecule has 2 bridgehead atoms. The second kappa shape index (κ2) is 5.77. The fraction of sp³-hybridized carbons (Fsp3) is 0.720. The van der Waals surface area contributed by atoms with E-state index in [-0.39, 0.29) is 24.6 Å². The van der Waals surface area contributed by atoms with Crippen LogP contribution in [0.2, 0.25) is 0 Å². The van der Waals surface area contributed by atoms with Crippen LogP contribution in [-0.2, 0) is 33.3 Å². The molecule has 6 rings (SSSR count). The molecule has 5 fully saturated rings. The first-order valence-electron chi connectivity index (χ1n) is 11.8. The van der Waals surface area contributed by atoms with Gasteiger partial charge in [0.1, 0.15) is 23.2 Å². The SMILES string of the molecule is C=C1[C@@]23C(=O)O[C@H](C)[C@@]2(O)C(=O)O[C@]1(C)[C@@H](O)C1=C2CO[C@H]4CC(=O)OC(C)(C)[C@@]24CC[C@@]13C. The summed E-state index contributed by atoms with van der Waals surface area (Å²) in [4.78, 5) is 39.4. The fourth-order valence-corrected chi connectivity index (χ4v) is 8.55. The van der Waals surface area contributed by atoms with Crippen LogP contribution in [0.25, 0.3) is 0 Å². The molecule has 2 N–H and O–H groups in total. The highest BCUT2D eigenvalue weighted by Gasteiger charge is 2.87. The lowest BCUT2D eigenvalue weighted by molar-refractivity contribution is -0.243. The number of ether oxygens (including phenoxy) is 4. The first-order chi connectivity index (χ1) is 15.7. The first-order valence-corrected chi connectivity index (χ1v) is 11.8. The summed E-state index contributed by atoms with van der Waals surface area (Å²) >= 11 is 0. The highest BCUT2D eigenvalue weighted by Crippen LogP contribution is 2.76. The van der Waals surface area contributed by atoms with Crippen LogP contribution in [0.15, 0.2) is 23.3 Å². The molecule has 34 heavy (non-hydrogen) atoms. The minimum absolute atomic E-state index is 0.0835. The second-order valence-corrected chi connectivity index (χ2v) is 11.6. The van der Waals surface area contributed by atoms with Crippen LogP contribution in [-0.4, -0.2) is 69.8 Å². The van der Waals surface area contributed by atoms with E-state index >= 15 is 0 Å². The predicted molar refractivity (Wildman–Crippen MR) is 114 cm³/mol. The second-order valence-electron chi connectivity index (χ2n) is 11.6. The molecule has 1 saturated carbocycles. The lowest BCUT2D eigenvalue weighted by atomic mass is 9.37. The molecule has 4 aliphatic heterocycles. The summed E-state index contributed by atoms with van der Waals surface area (Å²) < 4.78 is 23.2. The normalized spacial score (nSPS) is 52.7. The van der Waals surface area contributed by atoms with E-state index in [0.29, 0.717) is 18.4 Å². The van der Waals surface area contributed by atoms with Gasteiger partial charge in [0.05, 0.1) is 24.5 Å². The summed E-state index contributed by atoms with van der Waals surface area (Å²) in [6.07, 6.45) is -2.11. The summed E-state index contributed by atoms with van der Waals surface area (Å²) in [5.41, 5.74) is -7.34. The third-order valence-electron chi connectivity index (χ3n) is 10.3. The molecule has 4 heterocycles. The standard InChI is InChI=1S/C25H30O9/c1-11-22(6)17(27)16-13-10-31-14-9-15(26)33-20(3,4)23(13,14)8-7-21(16,5)24(11)18(28)32-12(2)25(24,30)19(29)34-22/h12,14,17,27,30H,1,7-10H2,2-6H3/t12-,14+,17+,21+,22+,23+,24+,25-/m1/s1. The van der Waals surface area contributed by atoms with E-state index in [1.54, 1.807) is 6.92 Å². The van der Waals surface area contributed by atoms with E-state index < -0.39 is 63.3 Å². The zero-order valence-electron chi connectivity index (χ0n) is 20.0. The maximum absolute atomic E-state index is 13.7. The smallest absolute Gasteiger partial charge is 0.344 e. The molecule has 0 amide bonds. The number of carbonyl (C=O) groups is 3. The van der Waals surface area contributed by atoms with Gasteiger partial charge in [-0.3, -0.25) is 9.59 Å². The molecule has 0 radical (unpaired) electrons. The van der Waals surface area contributed by atoms with E-state index in [4.69, 9.17) is 18.9 Å². The molecular weight excluding hydrogens is 444 g/mol. The number of fused-ring (bicyclic) bond motifs is 2. The van der Waals surface area contributed by atoms with Crippen molar-refractivity contribution in [1.82, 2.24) is 0 Å². The predicted octanol–water partition coefficient (Wildman–Crippen LogP) is 1.10. The topological polar surface area (TPSA) is 129 Å². The highest BCUT2D eigenvalue weighted by atomic mass is 16.6. The van der Waals surface area contributed by atoms with E-state index in [9.17, 15) is 24.6 Å². The number of aliphatic hydroxyl groups excluding tert-OH is 1. The van der Waals surface area contributed by atoms with Gasteiger partial charge in [0.2, 0.25) is 5.60 Å². The monoisotopic (exact) mass is 474 g/mol. The summed E-state index contributed by atoms with van der Waals surface area (Å²) in [7, 11) is 0. The van der Waals surface area contributed by atoms with Crippen molar-refractivity contribution in [2.45, 2.75) is 89.0 Å². The Labute approximate surface area is 197 Å². The fourth-order valence-electron chi connectivity index (χ4n) is 8.55. The number of esters is 3. The van der Waals surface area contributed by atoms with Gasteiger partial charge in [0, 0.05) is 5.41 Å². The van der Waals surface area contributed by atoms with Crippen LogP contribution in [0.5, 0.6) is 0 Å². The van der Waals surface area contributed by atoms with Gasteiger partial charge in [0.15, 0.2) is 5.60 Å². The average molecular weight is 475 g/mol. The summed E-state index contributed by atoms with van der Waals surface area (Å²) in [5.74, 6) is -2.10. The Morgan fingerprint density at radius 1 is 1.03 bits per heavy atom. The molecule has 9 nitrogen and oxygen atoms in total. The van der Waals surface area contributed by atoms with Crippen LogP contribution < -0.4 is 0 Å². The molecular formula is C25H30O9. The molecule has 0 aromatic carbocycles. The van der Waals surface area contributed by atoms with Gasteiger partial charge in [-0.25, -0.2) is 4.79 Å². The minimum atomic E-state index is -2.31. The van der Waals surface area contributed by atoms with Gasteiger partial charge in [-0.05, 0) is 57.3 Å². The number of hydrogen-bond acceptors (Lipinski definition) is 9.